The van der Waals surface area contributed by atoms with Gasteiger partial charge < -0.3 is 29.2 Å². The quantitative estimate of drug-likeness (QED) is 0.167. The van der Waals surface area contributed by atoms with Gasteiger partial charge in [0.1, 0.15) is 35.6 Å². The fourth-order valence-electron chi connectivity index (χ4n) is 14.8. The Morgan fingerprint density at radius 2 is 1.24 bits per heavy atom. The van der Waals surface area contributed by atoms with Crippen LogP contribution in [0.2, 0.25) is 0 Å². The second-order valence-corrected chi connectivity index (χ2v) is 22.1. The molecule has 0 unspecified atom stereocenters. The van der Waals surface area contributed by atoms with Crippen molar-refractivity contribution >= 4 is 58.3 Å². The van der Waals surface area contributed by atoms with Crippen molar-refractivity contribution in [2.75, 3.05) is 31.5 Å². The number of alkyl halides is 2. The van der Waals surface area contributed by atoms with Crippen LogP contribution in [0.1, 0.15) is 159 Å². The summed E-state index contributed by atoms with van der Waals surface area (Å²) in [7, 11) is 0. The van der Waals surface area contributed by atoms with Crippen LogP contribution >= 0.6 is 23.2 Å². The predicted molar refractivity (Wildman–Crippen MR) is 254 cm³/mol. The molecule has 0 aromatic carbocycles. The molecule has 1 aromatic heterocycles. The van der Waals surface area contributed by atoms with Gasteiger partial charge in [0.05, 0.1) is 21.7 Å². The van der Waals surface area contributed by atoms with Gasteiger partial charge in [0.25, 0.3) is 0 Å². The van der Waals surface area contributed by atoms with Crippen molar-refractivity contribution in [2.45, 2.75) is 150 Å². The molecule has 6 aliphatic carbocycles. The monoisotopic (exact) mass is 962 g/mol. The number of ketones is 4. The Bertz CT molecular complexity index is 2390. The summed E-state index contributed by atoms with van der Waals surface area (Å²) < 4.78 is 17.4. The van der Waals surface area contributed by atoms with Gasteiger partial charge >= 0.3 is 11.9 Å². The molecule has 0 amide bonds. The topological polar surface area (TPSA) is 170 Å². The molecule has 2 saturated carbocycles. The van der Waals surface area contributed by atoms with Crippen molar-refractivity contribution in [3.63, 3.8) is 0 Å². The third kappa shape index (κ3) is 7.46. The number of hydrogen-bond acceptors (Lipinski definition) is 12. The summed E-state index contributed by atoms with van der Waals surface area (Å²) in [6.45, 7) is 20.5. The summed E-state index contributed by atoms with van der Waals surface area (Å²) in [5.41, 5.74) is 2.81. The van der Waals surface area contributed by atoms with E-state index in [0.717, 1.165) is 49.1 Å². The molecule has 1 aromatic rings. The van der Waals surface area contributed by atoms with E-state index < -0.39 is 45.5 Å². The van der Waals surface area contributed by atoms with Crippen molar-refractivity contribution in [1.82, 2.24) is 10.2 Å². The van der Waals surface area contributed by atoms with Crippen LogP contribution in [0.15, 0.2) is 56.1 Å². The molecule has 10 aliphatic rings. The fourth-order valence-corrected chi connectivity index (χ4v) is 14.8. The Hall–Kier alpha value is -4.00. The first kappa shape index (κ1) is 49.4. The highest BCUT2D eigenvalue weighted by atomic mass is 35.5. The minimum absolute atomic E-state index is 0.0239. The van der Waals surface area contributed by atoms with Gasteiger partial charge in [-0.15, -0.1) is 23.2 Å². The number of cyclic esters (lactones) is 2. The van der Waals surface area contributed by atoms with Gasteiger partial charge in [0.15, 0.2) is 11.5 Å². The molecule has 3 saturated heterocycles. The SMILES string of the molecule is C1CCNC1.CC[C@H]1OC(=O)/C(=C/N2CCCC2)C2=C(O)C(=O)C3=C([C@H](C)C[C@]4(C)C(=O)CC[C@@H]34)[C@]21C.CC[C@H]1OC(=O)c2coc3c2[C@@]1(C)C1=C(C3=O)[C@@H]2CCC(=O)[C@@]2(C)C[C@H]1C.ClCCl. The van der Waals surface area contributed by atoms with Crippen LogP contribution in [0.5, 0.6) is 0 Å². The number of rotatable bonds is 3. The van der Waals surface area contributed by atoms with Crippen LogP contribution in [0.3, 0.4) is 0 Å². The van der Waals surface area contributed by atoms with Crippen LogP contribution in [0.25, 0.3) is 0 Å². The molecule has 4 aliphatic heterocycles. The van der Waals surface area contributed by atoms with Gasteiger partial charge in [-0.3, -0.25) is 19.2 Å². The zero-order chi connectivity index (χ0) is 48.5. The fraction of sp³-hybridized carbons (Fsp3) is 0.660. The van der Waals surface area contributed by atoms with Crippen LogP contribution in [0.4, 0.5) is 0 Å². The molecule has 11 rings (SSSR count). The molecule has 5 fully saturated rings. The van der Waals surface area contributed by atoms with Crippen LogP contribution < -0.4 is 5.32 Å². The third-order valence-corrected chi connectivity index (χ3v) is 17.6. The zero-order valence-corrected chi connectivity index (χ0v) is 42.0. The number of furan rings is 1. The van der Waals surface area contributed by atoms with Gasteiger partial charge in [0, 0.05) is 77.1 Å². The van der Waals surface area contributed by atoms with E-state index in [1.165, 1.54) is 32.2 Å². The van der Waals surface area contributed by atoms with Crippen molar-refractivity contribution in [1.29, 1.82) is 0 Å². The minimum Gasteiger partial charge on any atom is -0.504 e. The van der Waals surface area contributed by atoms with Crippen LogP contribution in [-0.2, 0) is 34.1 Å². The van der Waals surface area contributed by atoms with E-state index in [1.54, 1.807) is 6.20 Å². The van der Waals surface area contributed by atoms with Crippen molar-refractivity contribution in [3.8, 4) is 0 Å². The van der Waals surface area contributed by atoms with Crippen molar-refractivity contribution < 1.29 is 47.8 Å². The highest BCUT2D eigenvalue weighted by molar-refractivity contribution is 6.40. The number of Topliss-reactive ketones (excluding diaryl/α,β-unsaturated/α-hetero) is 4. The van der Waals surface area contributed by atoms with Gasteiger partial charge in [-0.2, -0.15) is 0 Å². The summed E-state index contributed by atoms with van der Waals surface area (Å²) in [5, 5.41) is 14.8. The molecule has 0 bridgehead atoms. The van der Waals surface area contributed by atoms with Gasteiger partial charge in [-0.1, -0.05) is 41.5 Å². The second-order valence-electron chi connectivity index (χ2n) is 21.3. The molecule has 67 heavy (non-hydrogen) atoms. The summed E-state index contributed by atoms with van der Waals surface area (Å²) in [6, 6.07) is 0. The smallest absolute Gasteiger partial charge is 0.342 e. The average molecular weight is 964 g/mol. The van der Waals surface area contributed by atoms with E-state index in [-0.39, 0.29) is 64.0 Å². The summed E-state index contributed by atoms with van der Waals surface area (Å²) in [5.74, 6) is -1.21. The number of nitrogens with one attached hydrogen (secondary N) is 1. The average Bonchev–Trinajstić information content (AvgIpc) is 4.16. The maximum Gasteiger partial charge on any atom is 0.342 e. The second kappa shape index (κ2) is 18.4. The number of esters is 2. The highest BCUT2D eigenvalue weighted by Gasteiger charge is 2.64. The molecule has 2 N–H and O–H groups in total. The lowest BCUT2D eigenvalue weighted by atomic mass is 9.51. The number of aliphatic hydroxyl groups is 1. The van der Waals surface area contributed by atoms with Crippen LogP contribution in [-0.4, -0.2) is 88.8 Å². The lowest BCUT2D eigenvalue weighted by molar-refractivity contribution is -0.153. The number of hydrogen-bond donors (Lipinski definition) is 2. The van der Waals surface area contributed by atoms with Crippen molar-refractivity contribution in [2.24, 2.45) is 39.9 Å². The first-order valence-electron chi connectivity index (χ1n) is 24.7. The van der Waals surface area contributed by atoms with E-state index in [9.17, 15) is 33.9 Å². The maximum absolute atomic E-state index is 13.7. The Labute approximate surface area is 404 Å². The summed E-state index contributed by atoms with van der Waals surface area (Å²) >= 11 is 9.53. The summed E-state index contributed by atoms with van der Waals surface area (Å²) in [4.78, 5) is 80.4. The molecule has 364 valence electrons. The standard InChI is InChI=1S/C26H33NO5.C22H24O5.C4H9N.CH2Cl2/c1-5-18-26(4)20-14(2)12-25(3)16(8-9-17(25)28)19(20)22(29)23(30)21(26)15(24(31)32-18)13-27-10-6-7-11-27;1-5-14-22(4)16-10(2)8-21(3)12(6-7-13(21)23)15(16)18(24)19-17(22)11(9-26-19)20(25)27-14;1-2-4-5-3-1;2-1-3/h13-14,16,18,30H,5-12H2,1-4H3;9-10,12,14H,5-8H2,1-4H3;5H,1-4H2;1H2/b15-13+;;;/t14-,16+,18-,25+,26-;10-,12+,14-,21+,22-;;/m11../s1. The minimum atomic E-state index is -0.784. The first-order valence-corrected chi connectivity index (χ1v) is 25.8. The van der Waals surface area contributed by atoms with Crippen LogP contribution in [0, 0.1) is 39.9 Å². The van der Waals surface area contributed by atoms with E-state index in [0.29, 0.717) is 72.8 Å². The molecule has 0 radical (unpaired) electrons. The Morgan fingerprint density at radius 3 is 1.75 bits per heavy atom. The number of carbonyl (C=O) groups excluding carboxylic acids is 6. The largest absolute Gasteiger partial charge is 0.504 e. The maximum atomic E-state index is 13.7. The number of halogens is 2. The van der Waals surface area contributed by atoms with Crippen molar-refractivity contribution in [3.05, 3.63) is 68.5 Å². The molecule has 5 heterocycles. The van der Waals surface area contributed by atoms with E-state index in [4.69, 9.17) is 37.1 Å². The number of aliphatic hydroxyl groups excluding tert-OH is 1. The Kier molecular flexibility index (Phi) is 13.6. The van der Waals surface area contributed by atoms with Gasteiger partial charge in [0.2, 0.25) is 11.6 Å². The highest BCUT2D eigenvalue weighted by Crippen LogP contribution is 2.65. The predicted octanol–water partition coefficient (Wildman–Crippen LogP) is 9.82. The normalized spacial score (nSPS) is 37.5. The van der Waals surface area contributed by atoms with Gasteiger partial charge in [-0.25, -0.2) is 9.59 Å². The lowest BCUT2D eigenvalue weighted by Crippen LogP contribution is -2.53. The zero-order valence-electron chi connectivity index (χ0n) is 40.5. The van der Waals surface area contributed by atoms with E-state index in [1.807, 2.05) is 34.6 Å². The number of allylic oxidation sites excluding steroid dienone is 2. The molecule has 12 nitrogen and oxygen atoms in total. The Balaban J connectivity index is 0.000000157. The third-order valence-electron chi connectivity index (χ3n) is 17.6. The van der Waals surface area contributed by atoms with E-state index >= 15 is 0 Å². The number of fused-ring (bicyclic) bond motifs is 7. The van der Waals surface area contributed by atoms with E-state index in [2.05, 4.69) is 31.0 Å². The molecule has 10 atom stereocenters. The molecular weight excluding hydrogens is 895 g/mol. The lowest BCUT2D eigenvalue weighted by Gasteiger charge is -2.53. The molecule has 14 heteroatoms. The number of ether oxygens (including phenoxy) is 2. The number of nitrogens with zero attached hydrogens (tertiary/aromatic N) is 1. The Morgan fingerprint density at radius 1 is 0.746 bits per heavy atom. The summed E-state index contributed by atoms with van der Waals surface area (Å²) in [6.07, 6.45) is 12.2. The van der Waals surface area contributed by atoms with Gasteiger partial charge in [-0.05, 0) is 114 Å². The molecule has 0 spiro atoms. The first-order chi connectivity index (χ1) is 31.8. The molecular formula is C53H68Cl2N2O10. The number of carbonyl (C=O) groups is 6. The number of likely N-dealkylation sites (tertiary alicyclic amines) is 1.